The first-order valence-corrected chi connectivity index (χ1v) is 6.79. The van der Waals surface area contributed by atoms with Gasteiger partial charge in [-0.15, -0.1) is 0 Å². The van der Waals surface area contributed by atoms with E-state index in [0.29, 0.717) is 13.0 Å². The van der Waals surface area contributed by atoms with Crippen molar-refractivity contribution < 1.29 is 4.79 Å². The third-order valence-corrected chi connectivity index (χ3v) is 2.96. The maximum Gasteiger partial charge on any atom is 0.224 e. The van der Waals surface area contributed by atoms with E-state index in [-0.39, 0.29) is 5.91 Å². The molecule has 1 aromatic heterocycles. The van der Waals surface area contributed by atoms with Crippen molar-refractivity contribution in [2.45, 2.75) is 26.3 Å². The summed E-state index contributed by atoms with van der Waals surface area (Å²) in [5.74, 6) is 0.0372. The van der Waals surface area contributed by atoms with Gasteiger partial charge in [-0.3, -0.25) is 4.79 Å². The largest absolute Gasteiger partial charge is 0.352 e. The number of allylic oxidation sites excluding steroid dienone is 1. The van der Waals surface area contributed by atoms with Crippen molar-refractivity contribution >= 4 is 5.91 Å². The highest BCUT2D eigenvalue weighted by atomic mass is 16.1. The molecule has 0 saturated carbocycles. The Hall–Kier alpha value is -2.36. The van der Waals surface area contributed by atoms with Gasteiger partial charge in [-0.25, -0.2) is 4.98 Å². The quantitative estimate of drug-likeness (QED) is 0.820. The molecular weight excluding hydrogens is 250 g/mol. The molecule has 0 atom stereocenters. The van der Waals surface area contributed by atoms with Gasteiger partial charge >= 0.3 is 0 Å². The van der Waals surface area contributed by atoms with Gasteiger partial charge in [0.25, 0.3) is 0 Å². The van der Waals surface area contributed by atoms with Crippen LogP contribution in [0.25, 0.3) is 5.69 Å². The monoisotopic (exact) mass is 269 g/mol. The van der Waals surface area contributed by atoms with Crippen LogP contribution >= 0.6 is 0 Å². The summed E-state index contributed by atoms with van der Waals surface area (Å²) >= 11 is 0. The molecule has 0 aliphatic carbocycles. The standard InChI is InChI=1S/C16H19N3O/c1-2-3-4-9-16(20)18-12-14-7-5-6-8-15(14)19-11-10-17-13-19/h3-8,10-11,13H,2,9,12H2,1H3,(H,18,20). The minimum atomic E-state index is 0.0372. The van der Waals surface area contributed by atoms with Crippen molar-refractivity contribution in [3.8, 4) is 5.69 Å². The molecule has 1 N–H and O–H groups in total. The molecule has 4 nitrogen and oxygen atoms in total. The number of hydrogen-bond donors (Lipinski definition) is 1. The minimum Gasteiger partial charge on any atom is -0.352 e. The Morgan fingerprint density at radius 1 is 1.35 bits per heavy atom. The SMILES string of the molecule is CCC=CCC(=O)NCc1ccccc1-n1ccnc1. The van der Waals surface area contributed by atoms with E-state index in [1.807, 2.05) is 47.2 Å². The predicted molar refractivity (Wildman–Crippen MR) is 79.5 cm³/mol. The van der Waals surface area contributed by atoms with Crippen LogP contribution < -0.4 is 5.32 Å². The molecule has 1 amide bonds. The summed E-state index contributed by atoms with van der Waals surface area (Å²) in [4.78, 5) is 15.8. The zero-order chi connectivity index (χ0) is 14.2. The Bertz CT molecular complexity index is 573. The average molecular weight is 269 g/mol. The van der Waals surface area contributed by atoms with E-state index in [0.717, 1.165) is 17.7 Å². The number of carbonyl (C=O) groups is 1. The summed E-state index contributed by atoms with van der Waals surface area (Å²) in [7, 11) is 0. The number of nitrogens with zero attached hydrogens (tertiary/aromatic N) is 2. The zero-order valence-electron chi connectivity index (χ0n) is 11.6. The second-order valence-corrected chi connectivity index (χ2v) is 4.46. The minimum absolute atomic E-state index is 0.0372. The molecule has 0 saturated heterocycles. The molecule has 0 aliphatic heterocycles. The predicted octanol–water partition coefficient (Wildman–Crippen LogP) is 2.84. The van der Waals surface area contributed by atoms with Gasteiger partial charge in [-0.2, -0.15) is 0 Å². The lowest BCUT2D eigenvalue weighted by atomic mass is 10.1. The molecule has 0 radical (unpaired) electrons. The first-order valence-electron chi connectivity index (χ1n) is 6.79. The molecule has 20 heavy (non-hydrogen) atoms. The van der Waals surface area contributed by atoms with Crippen LogP contribution in [0.3, 0.4) is 0 Å². The van der Waals surface area contributed by atoms with Crippen LogP contribution in [0.2, 0.25) is 0 Å². The highest BCUT2D eigenvalue weighted by molar-refractivity contribution is 5.77. The Labute approximate surface area is 119 Å². The molecule has 0 unspecified atom stereocenters. The Morgan fingerprint density at radius 2 is 2.20 bits per heavy atom. The molecule has 4 heteroatoms. The average Bonchev–Trinajstić information content (AvgIpc) is 3.00. The number of nitrogens with one attached hydrogen (secondary N) is 1. The van der Waals surface area contributed by atoms with Gasteiger partial charge in [-0.05, 0) is 18.1 Å². The van der Waals surface area contributed by atoms with Crippen LogP contribution in [0, 0.1) is 0 Å². The van der Waals surface area contributed by atoms with Crippen LogP contribution in [0.4, 0.5) is 0 Å². The maximum absolute atomic E-state index is 11.7. The fraction of sp³-hybridized carbons (Fsp3) is 0.250. The van der Waals surface area contributed by atoms with E-state index in [4.69, 9.17) is 0 Å². The van der Waals surface area contributed by atoms with E-state index in [9.17, 15) is 4.79 Å². The molecule has 0 fully saturated rings. The van der Waals surface area contributed by atoms with Gasteiger partial charge in [0.15, 0.2) is 0 Å². The Balaban J connectivity index is 2.00. The molecule has 0 aliphatic rings. The van der Waals surface area contributed by atoms with Crippen molar-refractivity contribution in [1.29, 1.82) is 0 Å². The summed E-state index contributed by atoms with van der Waals surface area (Å²) in [6.07, 6.45) is 10.7. The molecule has 1 aromatic carbocycles. The van der Waals surface area contributed by atoms with E-state index in [2.05, 4.69) is 17.2 Å². The number of imidazole rings is 1. The first-order chi connectivity index (χ1) is 9.81. The second-order valence-electron chi connectivity index (χ2n) is 4.46. The van der Waals surface area contributed by atoms with E-state index >= 15 is 0 Å². The van der Waals surface area contributed by atoms with Crippen molar-refractivity contribution in [1.82, 2.24) is 14.9 Å². The molecule has 0 bridgehead atoms. The second kappa shape index (κ2) is 7.28. The first kappa shape index (κ1) is 14.1. The third-order valence-electron chi connectivity index (χ3n) is 2.96. The normalized spacial score (nSPS) is 10.8. The number of benzene rings is 1. The van der Waals surface area contributed by atoms with E-state index in [1.54, 1.807) is 12.5 Å². The number of amides is 1. The van der Waals surface area contributed by atoms with Gasteiger partial charge in [-0.1, -0.05) is 37.3 Å². The summed E-state index contributed by atoms with van der Waals surface area (Å²) in [5.41, 5.74) is 2.10. The Kier molecular flexibility index (Phi) is 5.12. The summed E-state index contributed by atoms with van der Waals surface area (Å²) in [6.45, 7) is 2.57. The number of aromatic nitrogens is 2. The van der Waals surface area contributed by atoms with Crippen molar-refractivity contribution in [3.05, 3.63) is 60.7 Å². The van der Waals surface area contributed by atoms with Crippen LogP contribution in [0.1, 0.15) is 25.3 Å². The highest BCUT2D eigenvalue weighted by Gasteiger charge is 2.05. The van der Waals surface area contributed by atoms with Crippen LogP contribution in [0.5, 0.6) is 0 Å². The lowest BCUT2D eigenvalue weighted by Gasteiger charge is -2.10. The maximum atomic E-state index is 11.7. The van der Waals surface area contributed by atoms with Crippen molar-refractivity contribution in [3.63, 3.8) is 0 Å². The number of rotatable bonds is 6. The Morgan fingerprint density at radius 3 is 2.95 bits per heavy atom. The molecule has 1 heterocycles. The zero-order valence-corrected chi connectivity index (χ0v) is 11.6. The summed E-state index contributed by atoms with van der Waals surface area (Å²) in [6, 6.07) is 7.97. The third kappa shape index (κ3) is 3.82. The fourth-order valence-electron chi connectivity index (χ4n) is 1.94. The van der Waals surface area contributed by atoms with Crippen LogP contribution in [-0.4, -0.2) is 15.5 Å². The van der Waals surface area contributed by atoms with Gasteiger partial charge in [0.05, 0.1) is 12.0 Å². The van der Waals surface area contributed by atoms with Gasteiger partial charge in [0, 0.05) is 25.4 Å². The van der Waals surface area contributed by atoms with Gasteiger partial charge in [0.1, 0.15) is 0 Å². The topological polar surface area (TPSA) is 46.9 Å². The molecule has 2 rings (SSSR count). The molecule has 0 spiro atoms. The molecule has 2 aromatic rings. The molecule has 104 valence electrons. The lowest BCUT2D eigenvalue weighted by Crippen LogP contribution is -2.22. The van der Waals surface area contributed by atoms with E-state index < -0.39 is 0 Å². The van der Waals surface area contributed by atoms with E-state index in [1.165, 1.54) is 0 Å². The molecular formula is C16H19N3O. The smallest absolute Gasteiger partial charge is 0.224 e. The number of para-hydroxylation sites is 1. The van der Waals surface area contributed by atoms with Gasteiger partial charge in [0.2, 0.25) is 5.91 Å². The lowest BCUT2D eigenvalue weighted by molar-refractivity contribution is -0.120. The van der Waals surface area contributed by atoms with Crippen molar-refractivity contribution in [2.75, 3.05) is 0 Å². The number of carbonyl (C=O) groups excluding carboxylic acids is 1. The van der Waals surface area contributed by atoms with Crippen LogP contribution in [-0.2, 0) is 11.3 Å². The van der Waals surface area contributed by atoms with Crippen LogP contribution in [0.15, 0.2) is 55.1 Å². The van der Waals surface area contributed by atoms with Gasteiger partial charge < -0.3 is 9.88 Å². The summed E-state index contributed by atoms with van der Waals surface area (Å²) in [5, 5.41) is 2.94. The summed E-state index contributed by atoms with van der Waals surface area (Å²) < 4.78 is 1.94. The highest BCUT2D eigenvalue weighted by Crippen LogP contribution is 2.13. The fourth-order valence-corrected chi connectivity index (χ4v) is 1.94. The number of hydrogen-bond acceptors (Lipinski definition) is 2. The van der Waals surface area contributed by atoms with Crippen molar-refractivity contribution in [2.24, 2.45) is 0 Å².